The third kappa shape index (κ3) is 3.77. The van der Waals surface area contributed by atoms with Crippen LogP contribution in [0.15, 0.2) is 35.6 Å². The fraction of sp³-hybridized carbons (Fsp3) is 0.500. The number of fused-ring (bicyclic) bond motifs is 5. The molecule has 1 heterocycles. The van der Waals surface area contributed by atoms with E-state index in [1.54, 1.807) is 6.07 Å². The van der Waals surface area contributed by atoms with E-state index in [4.69, 9.17) is 0 Å². The zero-order chi connectivity index (χ0) is 24.0. The molecule has 2 saturated carbocycles. The molecule has 1 aromatic heterocycles. The summed E-state index contributed by atoms with van der Waals surface area (Å²) in [5.74, 6) is -1.64. The summed E-state index contributed by atoms with van der Waals surface area (Å²) in [6.07, 6.45) is 5.47. The molecule has 1 amide bonds. The number of benzene rings is 1. The van der Waals surface area contributed by atoms with Gasteiger partial charge in [0.1, 0.15) is 11.6 Å². The van der Waals surface area contributed by atoms with E-state index in [0.29, 0.717) is 31.2 Å². The first-order valence-electron chi connectivity index (χ1n) is 11.9. The molecule has 5 nitrogen and oxygen atoms in total. The van der Waals surface area contributed by atoms with E-state index < -0.39 is 17.5 Å². The van der Waals surface area contributed by atoms with E-state index in [2.05, 4.69) is 22.4 Å². The Morgan fingerprint density at radius 2 is 2.09 bits per heavy atom. The van der Waals surface area contributed by atoms with Crippen LogP contribution in [0.5, 0.6) is 0 Å². The van der Waals surface area contributed by atoms with Gasteiger partial charge >= 0.3 is 0 Å². The van der Waals surface area contributed by atoms with Crippen LogP contribution in [0.25, 0.3) is 0 Å². The second-order valence-corrected chi connectivity index (χ2v) is 10.2. The predicted octanol–water partition coefficient (Wildman–Crippen LogP) is 5.83. The fourth-order valence-corrected chi connectivity index (χ4v) is 7.09. The van der Waals surface area contributed by atoms with Gasteiger partial charge in [-0.25, -0.2) is 18.2 Å². The number of oxime groups is 1. The molecule has 0 bridgehead atoms. The summed E-state index contributed by atoms with van der Waals surface area (Å²) in [5, 5.41) is 15.9. The summed E-state index contributed by atoms with van der Waals surface area (Å²) >= 11 is 0. The highest BCUT2D eigenvalue weighted by Gasteiger charge is 2.57. The number of aromatic nitrogens is 1. The van der Waals surface area contributed by atoms with Crippen LogP contribution in [0.3, 0.4) is 0 Å². The summed E-state index contributed by atoms with van der Waals surface area (Å²) < 4.78 is 41.4. The van der Waals surface area contributed by atoms with Gasteiger partial charge in [0.15, 0.2) is 11.6 Å². The normalized spacial score (nSPS) is 31.0. The number of carbonyl (C=O) groups excluding carboxylic acids is 1. The maximum absolute atomic E-state index is 14.5. The first-order valence-corrected chi connectivity index (χ1v) is 11.9. The minimum atomic E-state index is -0.917. The first-order chi connectivity index (χ1) is 16.3. The van der Waals surface area contributed by atoms with Gasteiger partial charge in [0.25, 0.3) is 0 Å². The lowest BCUT2D eigenvalue weighted by Gasteiger charge is -2.50. The molecule has 0 radical (unpaired) electrons. The largest absolute Gasteiger partial charge is 0.411 e. The van der Waals surface area contributed by atoms with Crippen molar-refractivity contribution < 1.29 is 23.2 Å². The Balaban J connectivity index is 1.35. The van der Waals surface area contributed by atoms with Crippen LogP contribution in [-0.4, -0.2) is 21.8 Å². The number of rotatable bonds is 4. The lowest BCUT2D eigenvalue weighted by molar-refractivity contribution is -0.116. The number of pyridine rings is 1. The highest BCUT2D eigenvalue weighted by atomic mass is 19.1. The molecule has 2 aromatic rings. The van der Waals surface area contributed by atoms with Crippen molar-refractivity contribution in [3.05, 3.63) is 59.0 Å². The van der Waals surface area contributed by atoms with E-state index in [1.165, 1.54) is 6.07 Å². The molecule has 3 aliphatic carbocycles. The van der Waals surface area contributed by atoms with Gasteiger partial charge in [-0.1, -0.05) is 24.2 Å². The molecule has 5 atom stereocenters. The van der Waals surface area contributed by atoms with Crippen LogP contribution in [0, 0.1) is 40.6 Å². The molecular formula is C26H28F3N3O2. The van der Waals surface area contributed by atoms with Crippen molar-refractivity contribution >= 4 is 17.4 Å². The van der Waals surface area contributed by atoms with Crippen LogP contribution >= 0.6 is 0 Å². The number of carbonyl (C=O) groups is 1. The SMILES string of the molecule is C[C@]12CCC3c4cccc(F)c4CCC3C1[C@H](CCC(=O)Nc1ncc(F)cc1F)C/C2=N\O. The van der Waals surface area contributed by atoms with Gasteiger partial charge in [0.05, 0.1) is 11.9 Å². The molecule has 5 rings (SSSR count). The number of anilines is 1. The van der Waals surface area contributed by atoms with Crippen molar-refractivity contribution in [3.63, 3.8) is 0 Å². The van der Waals surface area contributed by atoms with Crippen molar-refractivity contribution in [3.8, 4) is 0 Å². The summed E-state index contributed by atoms with van der Waals surface area (Å²) in [7, 11) is 0. The number of amides is 1. The van der Waals surface area contributed by atoms with E-state index in [0.717, 1.165) is 42.3 Å². The Labute approximate surface area is 196 Å². The third-order valence-electron chi connectivity index (χ3n) is 8.52. The smallest absolute Gasteiger partial charge is 0.225 e. The average Bonchev–Trinajstić information content (AvgIpc) is 3.11. The molecule has 8 heteroatoms. The Morgan fingerprint density at radius 3 is 2.85 bits per heavy atom. The van der Waals surface area contributed by atoms with Gasteiger partial charge in [-0.15, -0.1) is 0 Å². The standard InChI is InChI=1S/C26H28F3N3O2/c1-26-10-9-17-16-3-2-4-20(28)18(16)6-7-19(17)24(26)14(11-22(26)32-34)5-8-23(33)31-25-21(29)12-15(27)13-30-25/h2-4,12-14,17,19,24,34H,5-11H2,1H3,(H,30,31,33)/b32-22+/t14-,17?,19?,24?,26-/m1/s1. The Hall–Kier alpha value is -2.90. The molecular weight excluding hydrogens is 443 g/mol. The lowest BCUT2D eigenvalue weighted by atomic mass is 9.54. The Bertz CT molecular complexity index is 1150. The Morgan fingerprint density at radius 1 is 1.26 bits per heavy atom. The number of nitrogens with zero attached hydrogens (tertiary/aromatic N) is 2. The monoisotopic (exact) mass is 471 g/mol. The molecule has 0 aliphatic heterocycles. The topological polar surface area (TPSA) is 74.6 Å². The molecule has 0 spiro atoms. The van der Waals surface area contributed by atoms with Gasteiger partial charge in [-0.2, -0.15) is 0 Å². The highest BCUT2D eigenvalue weighted by molar-refractivity contribution is 5.93. The molecule has 34 heavy (non-hydrogen) atoms. The molecule has 0 saturated heterocycles. The molecule has 3 unspecified atom stereocenters. The summed E-state index contributed by atoms with van der Waals surface area (Å²) in [6.45, 7) is 2.15. The van der Waals surface area contributed by atoms with Gasteiger partial charge in [0, 0.05) is 17.9 Å². The molecule has 3 aliphatic rings. The summed E-state index contributed by atoms with van der Waals surface area (Å²) in [4.78, 5) is 16.2. The summed E-state index contributed by atoms with van der Waals surface area (Å²) in [6, 6.07) is 6.03. The zero-order valence-electron chi connectivity index (χ0n) is 19.0. The number of hydrogen-bond donors (Lipinski definition) is 2. The minimum Gasteiger partial charge on any atom is -0.411 e. The first kappa shape index (κ1) is 22.9. The van der Waals surface area contributed by atoms with Crippen molar-refractivity contribution in [1.29, 1.82) is 0 Å². The van der Waals surface area contributed by atoms with Gasteiger partial charge in [-0.05, 0) is 79.4 Å². The maximum atomic E-state index is 14.5. The number of halogens is 3. The van der Waals surface area contributed by atoms with E-state index >= 15 is 0 Å². The van der Waals surface area contributed by atoms with Crippen molar-refractivity contribution in [2.45, 2.75) is 57.8 Å². The number of hydrogen-bond acceptors (Lipinski definition) is 4. The minimum absolute atomic E-state index is 0.121. The third-order valence-corrected chi connectivity index (χ3v) is 8.52. The molecule has 2 fully saturated rings. The molecule has 2 N–H and O–H groups in total. The van der Waals surface area contributed by atoms with Gasteiger partial charge in [0.2, 0.25) is 5.91 Å². The van der Waals surface area contributed by atoms with E-state index in [-0.39, 0.29) is 41.2 Å². The fourth-order valence-electron chi connectivity index (χ4n) is 7.09. The maximum Gasteiger partial charge on any atom is 0.225 e. The van der Waals surface area contributed by atoms with Crippen molar-refractivity contribution in [2.75, 3.05) is 5.32 Å². The predicted molar refractivity (Wildman–Crippen MR) is 121 cm³/mol. The van der Waals surface area contributed by atoms with E-state index in [9.17, 15) is 23.2 Å². The lowest BCUT2D eigenvalue weighted by Crippen LogP contribution is -2.44. The number of nitrogens with one attached hydrogen (secondary N) is 1. The molecule has 1 aromatic carbocycles. The molecule has 180 valence electrons. The van der Waals surface area contributed by atoms with E-state index in [1.807, 2.05) is 6.07 Å². The second-order valence-electron chi connectivity index (χ2n) is 10.2. The van der Waals surface area contributed by atoms with Crippen molar-refractivity contribution in [2.24, 2.45) is 28.3 Å². The van der Waals surface area contributed by atoms with Crippen LogP contribution in [0.4, 0.5) is 19.0 Å². The average molecular weight is 472 g/mol. The second kappa shape index (κ2) is 8.71. The van der Waals surface area contributed by atoms with Crippen LogP contribution in [-0.2, 0) is 11.2 Å². The van der Waals surface area contributed by atoms with Gasteiger partial charge < -0.3 is 10.5 Å². The van der Waals surface area contributed by atoms with Crippen LogP contribution in [0.1, 0.15) is 62.5 Å². The van der Waals surface area contributed by atoms with Gasteiger partial charge in [-0.3, -0.25) is 4.79 Å². The zero-order valence-corrected chi connectivity index (χ0v) is 19.0. The van der Waals surface area contributed by atoms with Crippen LogP contribution < -0.4 is 5.32 Å². The van der Waals surface area contributed by atoms with Crippen LogP contribution in [0.2, 0.25) is 0 Å². The quantitative estimate of drug-likeness (QED) is 0.435. The Kier molecular flexibility index (Phi) is 5.86. The summed E-state index contributed by atoms with van der Waals surface area (Å²) in [5.41, 5.74) is 2.44. The van der Waals surface area contributed by atoms with Crippen molar-refractivity contribution in [1.82, 2.24) is 4.98 Å². The highest BCUT2D eigenvalue weighted by Crippen LogP contribution is 2.62.